The molecule has 0 aliphatic carbocycles. The highest BCUT2D eigenvalue weighted by Crippen LogP contribution is 2.69. The van der Waals surface area contributed by atoms with Gasteiger partial charge in [0.25, 0.3) is 7.94 Å². The summed E-state index contributed by atoms with van der Waals surface area (Å²) in [5.74, 6) is -0.683. The molecule has 3 aromatic rings. The standard InChI is InChI=1S/C24H25F3N2O5P/c1-29(20-8-11-22(28-16-20)23(30)35(31)33-14-15-34-35)12-13-32-21-9-4-18(5-10-21)17-2-6-19(7-3-17)24(25,26)27/h2-11,16,23,30-31H,12-15H2,1H3. The summed E-state index contributed by atoms with van der Waals surface area (Å²) < 4.78 is 54.3. The van der Waals surface area contributed by atoms with E-state index in [1.54, 1.807) is 42.6 Å². The van der Waals surface area contributed by atoms with Gasteiger partial charge < -0.3 is 28.7 Å². The zero-order valence-corrected chi connectivity index (χ0v) is 19.7. The van der Waals surface area contributed by atoms with Crippen molar-refractivity contribution in [2.45, 2.75) is 12.0 Å². The number of aromatic nitrogens is 1. The second-order valence-electron chi connectivity index (χ2n) is 7.92. The van der Waals surface area contributed by atoms with Crippen LogP contribution in [0.1, 0.15) is 17.1 Å². The molecule has 0 saturated carbocycles. The van der Waals surface area contributed by atoms with E-state index in [0.717, 1.165) is 23.4 Å². The maximum Gasteiger partial charge on any atom is 0.416 e. The Bertz CT molecular complexity index is 1110. The highest BCUT2D eigenvalue weighted by molar-refractivity contribution is 7.60. The van der Waals surface area contributed by atoms with E-state index in [2.05, 4.69) is 4.98 Å². The maximum absolute atomic E-state index is 12.7. The van der Waals surface area contributed by atoms with Crippen molar-refractivity contribution in [1.29, 1.82) is 0 Å². The highest BCUT2D eigenvalue weighted by atomic mass is 31.2. The molecule has 187 valence electrons. The summed E-state index contributed by atoms with van der Waals surface area (Å²) in [5, 5.41) is 10.3. The van der Waals surface area contributed by atoms with Gasteiger partial charge in [0.15, 0.2) is 5.85 Å². The van der Waals surface area contributed by atoms with Gasteiger partial charge in [-0.3, -0.25) is 4.98 Å². The Kier molecular flexibility index (Phi) is 7.59. The van der Waals surface area contributed by atoms with E-state index in [9.17, 15) is 23.2 Å². The number of anilines is 1. The molecule has 2 heterocycles. The Morgan fingerprint density at radius 1 is 1.00 bits per heavy atom. The molecule has 2 N–H and O–H groups in total. The molecule has 11 heteroatoms. The van der Waals surface area contributed by atoms with Crippen LogP contribution >= 0.6 is 7.94 Å². The van der Waals surface area contributed by atoms with Crippen LogP contribution in [0, 0.1) is 0 Å². The van der Waals surface area contributed by atoms with Gasteiger partial charge in [-0.2, -0.15) is 13.2 Å². The van der Waals surface area contributed by atoms with E-state index >= 15 is 0 Å². The fourth-order valence-electron chi connectivity index (χ4n) is 3.48. The molecule has 35 heavy (non-hydrogen) atoms. The quantitative estimate of drug-likeness (QED) is 0.410. The maximum atomic E-state index is 12.7. The van der Waals surface area contributed by atoms with Gasteiger partial charge in [0.2, 0.25) is 0 Å². The predicted molar refractivity (Wildman–Crippen MR) is 126 cm³/mol. The summed E-state index contributed by atoms with van der Waals surface area (Å²) in [4.78, 5) is 16.4. The van der Waals surface area contributed by atoms with Gasteiger partial charge in [0, 0.05) is 7.05 Å². The van der Waals surface area contributed by atoms with E-state index in [0.29, 0.717) is 24.5 Å². The monoisotopic (exact) mass is 509 g/mol. The van der Waals surface area contributed by atoms with Crippen LogP contribution in [0.15, 0.2) is 66.9 Å². The molecule has 1 aliphatic heterocycles. The number of ether oxygens (including phenoxy) is 1. The minimum atomic E-state index is -4.36. The number of benzene rings is 2. The molecular formula is C24H25F3N2O5P. The minimum Gasteiger partial charge on any atom is -0.492 e. The molecule has 1 aliphatic rings. The van der Waals surface area contributed by atoms with Gasteiger partial charge in [-0.15, -0.1) is 0 Å². The lowest BCUT2D eigenvalue weighted by atomic mass is 10.0. The smallest absolute Gasteiger partial charge is 0.416 e. The molecular weight excluding hydrogens is 484 g/mol. The normalized spacial score (nSPS) is 16.2. The van der Waals surface area contributed by atoms with Gasteiger partial charge in [0.05, 0.1) is 42.9 Å². The number of rotatable bonds is 8. The van der Waals surface area contributed by atoms with E-state index in [1.165, 1.54) is 12.1 Å². The molecule has 1 unspecified atom stereocenters. The first-order chi connectivity index (χ1) is 16.7. The van der Waals surface area contributed by atoms with Crippen LogP contribution in [0.4, 0.5) is 18.9 Å². The van der Waals surface area contributed by atoms with Crippen molar-refractivity contribution in [2.75, 3.05) is 38.3 Å². The summed E-state index contributed by atoms with van der Waals surface area (Å²) in [6.45, 7) is 1.40. The van der Waals surface area contributed by atoms with E-state index < -0.39 is 25.5 Å². The topological polar surface area (TPSA) is 84.3 Å². The van der Waals surface area contributed by atoms with Gasteiger partial charge in [-0.05, 0) is 47.5 Å². The zero-order chi connectivity index (χ0) is 25.1. The molecule has 4 rings (SSSR count). The number of hydrogen-bond acceptors (Lipinski definition) is 7. The second-order valence-corrected chi connectivity index (χ2v) is 10.0. The largest absolute Gasteiger partial charge is 0.492 e. The lowest BCUT2D eigenvalue weighted by Gasteiger charge is -2.27. The Morgan fingerprint density at radius 3 is 2.14 bits per heavy atom. The first-order valence-corrected chi connectivity index (χ1v) is 12.5. The lowest BCUT2D eigenvalue weighted by molar-refractivity contribution is -0.137. The number of pyridine rings is 1. The summed E-state index contributed by atoms with van der Waals surface area (Å²) in [6.07, 6.45) is -2.77. The minimum absolute atomic E-state index is 0.236. The third kappa shape index (κ3) is 6.09. The fourth-order valence-corrected chi connectivity index (χ4v) is 5.00. The first-order valence-electron chi connectivity index (χ1n) is 10.8. The average molecular weight is 509 g/mol. The fraction of sp³-hybridized carbons (Fsp3) is 0.292. The van der Waals surface area contributed by atoms with Crippen molar-refractivity contribution in [3.63, 3.8) is 0 Å². The van der Waals surface area contributed by atoms with Crippen molar-refractivity contribution in [2.24, 2.45) is 0 Å². The van der Waals surface area contributed by atoms with Gasteiger partial charge in [0.1, 0.15) is 12.4 Å². The molecule has 1 fully saturated rings. The number of halogens is 3. The Hall–Kier alpha value is -2.75. The summed E-state index contributed by atoms with van der Waals surface area (Å²) in [6, 6.07) is 15.5. The van der Waals surface area contributed by atoms with Crippen molar-refractivity contribution in [3.8, 4) is 16.9 Å². The highest BCUT2D eigenvalue weighted by Gasteiger charge is 2.42. The number of hydrogen-bond donors (Lipinski definition) is 2. The molecule has 7 nitrogen and oxygen atoms in total. The van der Waals surface area contributed by atoms with Gasteiger partial charge >= 0.3 is 6.18 Å². The molecule has 1 radical (unpaired) electrons. The summed E-state index contributed by atoms with van der Waals surface area (Å²) >= 11 is 0. The molecule has 0 spiro atoms. The van der Waals surface area contributed by atoms with E-state index in [4.69, 9.17) is 13.8 Å². The molecule has 1 saturated heterocycles. The molecule has 1 atom stereocenters. The van der Waals surface area contributed by atoms with Crippen molar-refractivity contribution in [3.05, 3.63) is 78.1 Å². The van der Waals surface area contributed by atoms with E-state index in [1.807, 2.05) is 11.9 Å². The zero-order valence-electron chi connectivity index (χ0n) is 18.9. The van der Waals surface area contributed by atoms with Crippen LogP contribution in [0.25, 0.3) is 11.1 Å². The van der Waals surface area contributed by atoms with Crippen LogP contribution in [0.5, 0.6) is 5.75 Å². The van der Waals surface area contributed by atoms with Crippen LogP contribution in [-0.2, 0) is 15.2 Å². The molecule has 0 amide bonds. The van der Waals surface area contributed by atoms with Gasteiger partial charge in [-0.1, -0.05) is 24.3 Å². The number of alkyl halides is 3. The third-order valence-corrected chi connectivity index (χ3v) is 7.50. The van der Waals surface area contributed by atoms with Crippen LogP contribution in [0.2, 0.25) is 0 Å². The van der Waals surface area contributed by atoms with Crippen LogP contribution < -0.4 is 9.64 Å². The summed E-state index contributed by atoms with van der Waals surface area (Å²) in [7, 11) is -1.47. The predicted octanol–water partition coefficient (Wildman–Crippen LogP) is 5.08. The molecule has 1 aromatic heterocycles. The summed E-state index contributed by atoms with van der Waals surface area (Å²) in [5.41, 5.74) is 1.86. The van der Waals surface area contributed by atoms with Crippen molar-refractivity contribution < 1.29 is 37.0 Å². The number of aliphatic hydroxyl groups excluding tert-OH is 1. The number of aliphatic hydroxyl groups is 1. The Labute approximate surface area is 201 Å². The van der Waals surface area contributed by atoms with E-state index in [-0.39, 0.29) is 18.9 Å². The van der Waals surface area contributed by atoms with Gasteiger partial charge in [-0.25, -0.2) is 0 Å². The Balaban J connectivity index is 1.28. The van der Waals surface area contributed by atoms with Crippen molar-refractivity contribution >= 4 is 13.6 Å². The third-order valence-electron chi connectivity index (χ3n) is 5.52. The Morgan fingerprint density at radius 2 is 1.60 bits per heavy atom. The molecule has 2 aromatic carbocycles. The van der Waals surface area contributed by atoms with Crippen LogP contribution in [-0.4, -0.2) is 48.4 Å². The SMILES string of the molecule is CN(CCOc1ccc(-c2ccc(C(F)(F)F)cc2)cc1)c1ccc(C(O)[P]2(O)OCCO2)nc1. The lowest BCUT2D eigenvalue weighted by Crippen LogP contribution is -2.24. The number of likely N-dealkylation sites (N-methyl/N-ethyl adjacent to an activating group) is 1. The average Bonchev–Trinajstić information content (AvgIpc) is 3.31. The number of nitrogens with zero attached hydrogens (tertiary/aromatic N) is 2. The molecule has 0 bridgehead atoms. The van der Waals surface area contributed by atoms with Crippen molar-refractivity contribution in [1.82, 2.24) is 4.98 Å². The second kappa shape index (κ2) is 10.5. The first kappa shape index (κ1) is 25.3. The van der Waals surface area contributed by atoms with Crippen LogP contribution in [0.3, 0.4) is 0 Å².